The molecule has 0 aliphatic heterocycles. The first-order valence-electron chi connectivity index (χ1n) is 6.44. The number of nitrogens with two attached hydrogens (primary N) is 1. The summed E-state index contributed by atoms with van der Waals surface area (Å²) >= 11 is 11.8. The van der Waals surface area contributed by atoms with Gasteiger partial charge in [-0.15, -0.1) is 0 Å². The molecule has 0 aliphatic carbocycles. The number of guanidine groups is 1. The van der Waals surface area contributed by atoms with Crippen molar-refractivity contribution >= 4 is 46.6 Å². The standard InChI is InChI=1S/C14H16Cl2N6/c1-8-6-12(22(2)3)20-14(18-8)21-13(17)19-9-4-5-10(15)11(16)7-9/h4-7H,1-3H3,(H3,17,18,19,20,21). The molecule has 0 fully saturated rings. The highest BCUT2D eigenvalue weighted by Gasteiger charge is 2.05. The molecule has 0 saturated heterocycles. The molecule has 6 nitrogen and oxygen atoms in total. The number of nitrogens with one attached hydrogen (secondary N) is 1. The van der Waals surface area contributed by atoms with Crippen molar-refractivity contribution in [2.75, 3.05) is 24.3 Å². The Morgan fingerprint density at radius 2 is 1.91 bits per heavy atom. The van der Waals surface area contributed by atoms with Gasteiger partial charge in [0.2, 0.25) is 5.96 Å². The summed E-state index contributed by atoms with van der Waals surface area (Å²) in [7, 11) is 3.79. The SMILES string of the molecule is Cc1cc(N(C)C)nc(/N=C(\N)Nc2ccc(Cl)c(Cl)c2)n1. The first-order valence-corrected chi connectivity index (χ1v) is 7.20. The van der Waals surface area contributed by atoms with Gasteiger partial charge in [0.1, 0.15) is 5.82 Å². The number of rotatable bonds is 3. The van der Waals surface area contributed by atoms with Gasteiger partial charge in [0, 0.05) is 31.5 Å². The van der Waals surface area contributed by atoms with Crippen molar-refractivity contribution in [3.05, 3.63) is 40.0 Å². The maximum absolute atomic E-state index is 5.95. The summed E-state index contributed by atoms with van der Waals surface area (Å²) in [4.78, 5) is 14.6. The Morgan fingerprint density at radius 3 is 2.55 bits per heavy atom. The van der Waals surface area contributed by atoms with E-state index in [1.807, 2.05) is 32.0 Å². The Balaban J connectivity index is 2.23. The fourth-order valence-corrected chi connectivity index (χ4v) is 1.97. The summed E-state index contributed by atoms with van der Waals surface area (Å²) in [6.07, 6.45) is 0. The van der Waals surface area contributed by atoms with E-state index in [1.165, 1.54) is 0 Å². The Hall–Kier alpha value is -2.05. The predicted molar refractivity (Wildman–Crippen MR) is 92.5 cm³/mol. The third-order valence-corrected chi connectivity index (χ3v) is 3.44. The maximum Gasteiger partial charge on any atom is 0.254 e. The van der Waals surface area contributed by atoms with Crippen LogP contribution in [-0.4, -0.2) is 30.0 Å². The molecular formula is C14H16Cl2N6. The number of hydrogen-bond acceptors (Lipinski definition) is 4. The van der Waals surface area contributed by atoms with E-state index < -0.39 is 0 Å². The Morgan fingerprint density at radius 1 is 1.18 bits per heavy atom. The van der Waals surface area contributed by atoms with Crippen LogP contribution < -0.4 is 16.0 Å². The van der Waals surface area contributed by atoms with Crippen molar-refractivity contribution in [1.82, 2.24) is 9.97 Å². The van der Waals surface area contributed by atoms with Gasteiger partial charge in [-0.05, 0) is 25.1 Å². The van der Waals surface area contributed by atoms with Crippen LogP contribution in [0.2, 0.25) is 10.0 Å². The molecule has 2 aromatic rings. The number of aromatic nitrogens is 2. The van der Waals surface area contributed by atoms with Gasteiger partial charge in [0.05, 0.1) is 10.0 Å². The molecule has 1 aromatic carbocycles. The molecule has 0 atom stereocenters. The molecule has 116 valence electrons. The molecule has 0 aliphatic rings. The maximum atomic E-state index is 5.95. The molecule has 1 aromatic heterocycles. The minimum atomic E-state index is 0.161. The van der Waals surface area contributed by atoms with Crippen molar-refractivity contribution < 1.29 is 0 Å². The second-order valence-electron chi connectivity index (χ2n) is 4.81. The molecule has 2 rings (SSSR count). The molecule has 0 bridgehead atoms. The molecule has 0 amide bonds. The summed E-state index contributed by atoms with van der Waals surface area (Å²) in [5.41, 5.74) is 7.35. The Labute approximate surface area is 139 Å². The highest BCUT2D eigenvalue weighted by atomic mass is 35.5. The smallest absolute Gasteiger partial charge is 0.254 e. The third-order valence-electron chi connectivity index (χ3n) is 2.70. The highest BCUT2D eigenvalue weighted by molar-refractivity contribution is 6.42. The van der Waals surface area contributed by atoms with E-state index in [1.54, 1.807) is 18.2 Å². The lowest BCUT2D eigenvalue weighted by Gasteiger charge is -2.12. The molecule has 1 heterocycles. The predicted octanol–water partition coefficient (Wildman–Crippen LogP) is 3.22. The van der Waals surface area contributed by atoms with Crippen molar-refractivity contribution in [3.63, 3.8) is 0 Å². The van der Waals surface area contributed by atoms with Gasteiger partial charge in [0.15, 0.2) is 0 Å². The summed E-state index contributed by atoms with van der Waals surface area (Å²) < 4.78 is 0. The molecule has 0 saturated carbocycles. The molecule has 0 unspecified atom stereocenters. The monoisotopic (exact) mass is 338 g/mol. The van der Waals surface area contributed by atoms with Crippen LogP contribution in [0, 0.1) is 6.92 Å². The van der Waals surface area contributed by atoms with E-state index in [9.17, 15) is 0 Å². The number of aliphatic imine (C=N–C) groups is 1. The van der Waals surface area contributed by atoms with Gasteiger partial charge in [-0.25, -0.2) is 4.98 Å². The van der Waals surface area contributed by atoms with Gasteiger partial charge in [0.25, 0.3) is 5.95 Å². The van der Waals surface area contributed by atoms with Crippen LogP contribution in [-0.2, 0) is 0 Å². The number of halogens is 2. The quantitative estimate of drug-likeness (QED) is 0.663. The number of nitrogens with zero attached hydrogens (tertiary/aromatic N) is 4. The minimum absolute atomic E-state index is 0.161. The summed E-state index contributed by atoms with van der Waals surface area (Å²) in [5.74, 6) is 1.20. The van der Waals surface area contributed by atoms with Crippen LogP contribution >= 0.6 is 23.2 Å². The molecule has 0 spiro atoms. The number of hydrogen-bond donors (Lipinski definition) is 2. The lowest BCUT2D eigenvalue weighted by Crippen LogP contribution is -2.22. The van der Waals surface area contributed by atoms with Crippen LogP contribution in [0.15, 0.2) is 29.3 Å². The average molecular weight is 339 g/mol. The number of anilines is 2. The Kier molecular flexibility index (Phi) is 5.05. The fraction of sp³-hybridized carbons (Fsp3) is 0.214. The van der Waals surface area contributed by atoms with Gasteiger partial charge in [-0.2, -0.15) is 9.98 Å². The topological polar surface area (TPSA) is 79.4 Å². The zero-order chi connectivity index (χ0) is 16.3. The fourth-order valence-electron chi connectivity index (χ4n) is 1.67. The van der Waals surface area contributed by atoms with Crippen LogP contribution in [0.5, 0.6) is 0 Å². The van der Waals surface area contributed by atoms with Gasteiger partial charge in [-0.3, -0.25) is 0 Å². The average Bonchev–Trinajstić information content (AvgIpc) is 2.42. The summed E-state index contributed by atoms with van der Waals surface area (Å²) in [5, 5.41) is 3.82. The van der Waals surface area contributed by atoms with Crippen molar-refractivity contribution in [2.24, 2.45) is 10.7 Å². The minimum Gasteiger partial charge on any atom is -0.369 e. The van der Waals surface area contributed by atoms with E-state index in [-0.39, 0.29) is 11.9 Å². The number of benzene rings is 1. The van der Waals surface area contributed by atoms with Crippen molar-refractivity contribution in [1.29, 1.82) is 0 Å². The van der Waals surface area contributed by atoms with E-state index in [4.69, 9.17) is 28.9 Å². The molecule has 0 radical (unpaired) electrons. The van der Waals surface area contributed by atoms with E-state index in [0.717, 1.165) is 11.5 Å². The van der Waals surface area contributed by atoms with E-state index in [0.29, 0.717) is 15.7 Å². The second kappa shape index (κ2) is 6.81. The molecule has 3 N–H and O–H groups in total. The van der Waals surface area contributed by atoms with E-state index in [2.05, 4.69) is 20.3 Å². The Bertz CT molecular complexity index is 714. The second-order valence-corrected chi connectivity index (χ2v) is 5.63. The van der Waals surface area contributed by atoms with Crippen molar-refractivity contribution in [2.45, 2.75) is 6.92 Å². The van der Waals surface area contributed by atoms with Gasteiger partial charge in [-0.1, -0.05) is 23.2 Å². The van der Waals surface area contributed by atoms with Gasteiger partial charge >= 0.3 is 0 Å². The van der Waals surface area contributed by atoms with Crippen molar-refractivity contribution in [3.8, 4) is 0 Å². The largest absolute Gasteiger partial charge is 0.369 e. The lowest BCUT2D eigenvalue weighted by molar-refractivity contribution is 1.01. The number of aryl methyl sites for hydroxylation is 1. The van der Waals surface area contributed by atoms with Gasteiger partial charge < -0.3 is 16.0 Å². The highest BCUT2D eigenvalue weighted by Crippen LogP contribution is 2.25. The van der Waals surface area contributed by atoms with Crippen LogP contribution in [0.1, 0.15) is 5.69 Å². The zero-order valence-corrected chi connectivity index (χ0v) is 13.9. The normalized spacial score (nSPS) is 11.4. The zero-order valence-electron chi connectivity index (χ0n) is 12.4. The van der Waals surface area contributed by atoms with Crippen LogP contribution in [0.4, 0.5) is 17.5 Å². The summed E-state index contributed by atoms with van der Waals surface area (Å²) in [6.45, 7) is 1.87. The first kappa shape index (κ1) is 16.3. The lowest BCUT2D eigenvalue weighted by atomic mass is 10.3. The molecule has 8 heteroatoms. The summed E-state index contributed by atoms with van der Waals surface area (Å²) in [6, 6.07) is 6.95. The molecular weight excluding hydrogens is 323 g/mol. The third kappa shape index (κ3) is 4.22. The van der Waals surface area contributed by atoms with Crippen LogP contribution in [0.25, 0.3) is 0 Å². The first-order chi connectivity index (χ1) is 10.3. The van der Waals surface area contributed by atoms with E-state index >= 15 is 0 Å². The molecule has 22 heavy (non-hydrogen) atoms. The van der Waals surface area contributed by atoms with Crippen LogP contribution in [0.3, 0.4) is 0 Å².